The van der Waals surface area contributed by atoms with E-state index in [1.165, 1.54) is 6.42 Å². The third-order valence-corrected chi connectivity index (χ3v) is 1.60. The molecule has 0 radical (unpaired) electrons. The molecule has 0 spiro atoms. The summed E-state index contributed by atoms with van der Waals surface area (Å²) in [5.41, 5.74) is 5.36. The minimum absolute atomic E-state index is 0.741. The highest BCUT2D eigenvalue weighted by atomic mass is 14.9. The Morgan fingerprint density at radius 2 is 2.57 bits per heavy atom. The van der Waals surface area contributed by atoms with Gasteiger partial charge in [0, 0.05) is 6.04 Å². The van der Waals surface area contributed by atoms with Crippen LogP contribution in [0.15, 0.2) is 0 Å². The monoisotopic (exact) mass is 100 g/mol. The Morgan fingerprint density at radius 1 is 1.86 bits per heavy atom. The van der Waals surface area contributed by atoms with E-state index in [0.29, 0.717) is 0 Å². The summed E-state index contributed by atoms with van der Waals surface area (Å²) < 4.78 is 0. The molecule has 2 atom stereocenters. The zero-order valence-electron chi connectivity index (χ0n) is 4.65. The van der Waals surface area contributed by atoms with Gasteiger partial charge in [-0.2, -0.15) is 0 Å². The average molecular weight is 100 g/mol. The van der Waals surface area contributed by atoms with E-state index < -0.39 is 0 Å². The lowest BCUT2D eigenvalue weighted by atomic mass is 10.4. The number of hydrogen-bond donors (Lipinski definition) is 2. The van der Waals surface area contributed by atoms with Gasteiger partial charge in [-0.05, 0) is 25.9 Å². The lowest BCUT2D eigenvalue weighted by Crippen LogP contribution is -2.14. The molecule has 2 nitrogen and oxygen atoms in total. The van der Waals surface area contributed by atoms with E-state index in [0.717, 1.165) is 18.5 Å². The van der Waals surface area contributed by atoms with Crippen LogP contribution < -0.4 is 11.1 Å². The lowest BCUT2D eigenvalue weighted by molar-refractivity contribution is 0.711. The van der Waals surface area contributed by atoms with Gasteiger partial charge in [0.25, 0.3) is 0 Å². The van der Waals surface area contributed by atoms with E-state index in [9.17, 15) is 0 Å². The molecule has 1 saturated carbocycles. The highest BCUT2D eigenvalue weighted by Gasteiger charge is 2.33. The molecule has 0 saturated heterocycles. The fraction of sp³-hybridized carbons (Fsp3) is 1.00. The summed E-state index contributed by atoms with van der Waals surface area (Å²) in [4.78, 5) is 0. The largest absolute Gasteiger partial charge is 0.330 e. The smallest absolute Gasteiger partial charge is 0.0109 e. The maximum atomic E-state index is 5.36. The standard InChI is InChI=1S/C5H12N2/c1-7-5-2-4(5)3-6/h4-5,7H,2-3,6H2,1H3. The van der Waals surface area contributed by atoms with Crippen LogP contribution in [0.25, 0.3) is 0 Å². The maximum absolute atomic E-state index is 5.36. The molecule has 1 fully saturated rings. The SMILES string of the molecule is CNC1CC1CN. The number of hydrogen-bond acceptors (Lipinski definition) is 2. The lowest BCUT2D eigenvalue weighted by Gasteiger charge is -1.89. The Hall–Kier alpha value is -0.0800. The van der Waals surface area contributed by atoms with Crippen LogP contribution >= 0.6 is 0 Å². The van der Waals surface area contributed by atoms with Crippen molar-refractivity contribution in [1.82, 2.24) is 5.32 Å². The third-order valence-electron chi connectivity index (χ3n) is 1.60. The Kier molecular flexibility index (Phi) is 1.30. The van der Waals surface area contributed by atoms with Crippen molar-refractivity contribution >= 4 is 0 Å². The van der Waals surface area contributed by atoms with Gasteiger partial charge in [-0.25, -0.2) is 0 Å². The van der Waals surface area contributed by atoms with Crippen molar-refractivity contribution in [3.8, 4) is 0 Å². The summed E-state index contributed by atoms with van der Waals surface area (Å²) in [7, 11) is 1.99. The highest BCUT2D eigenvalue weighted by Crippen LogP contribution is 2.27. The van der Waals surface area contributed by atoms with Crippen molar-refractivity contribution in [2.45, 2.75) is 12.5 Å². The van der Waals surface area contributed by atoms with Gasteiger partial charge >= 0.3 is 0 Å². The number of rotatable bonds is 2. The van der Waals surface area contributed by atoms with E-state index in [4.69, 9.17) is 5.73 Å². The predicted molar refractivity (Wildman–Crippen MR) is 30.0 cm³/mol. The van der Waals surface area contributed by atoms with E-state index in [-0.39, 0.29) is 0 Å². The molecule has 7 heavy (non-hydrogen) atoms. The molecule has 2 unspecified atom stereocenters. The molecule has 0 amide bonds. The first-order chi connectivity index (χ1) is 3.38. The molecule has 0 aliphatic heterocycles. The van der Waals surface area contributed by atoms with Crippen LogP contribution in [-0.4, -0.2) is 19.6 Å². The molecular weight excluding hydrogens is 88.1 g/mol. The maximum Gasteiger partial charge on any atom is 0.0109 e. The van der Waals surface area contributed by atoms with Crippen LogP contribution in [0.1, 0.15) is 6.42 Å². The highest BCUT2D eigenvalue weighted by molar-refractivity contribution is 4.92. The Morgan fingerprint density at radius 3 is 2.71 bits per heavy atom. The first-order valence-electron chi connectivity index (χ1n) is 2.76. The van der Waals surface area contributed by atoms with Crippen LogP contribution in [0.4, 0.5) is 0 Å². The molecule has 1 rings (SSSR count). The second-order valence-electron chi connectivity index (χ2n) is 2.13. The quantitative estimate of drug-likeness (QED) is 0.493. The molecule has 0 bridgehead atoms. The summed E-state index contributed by atoms with van der Waals surface area (Å²) in [5, 5.41) is 3.16. The molecule has 1 aliphatic rings. The van der Waals surface area contributed by atoms with Gasteiger partial charge in [0.1, 0.15) is 0 Å². The zero-order valence-corrected chi connectivity index (χ0v) is 4.65. The molecule has 1 aliphatic carbocycles. The molecule has 3 N–H and O–H groups in total. The third kappa shape index (κ3) is 0.924. The van der Waals surface area contributed by atoms with E-state index in [1.807, 2.05) is 7.05 Å². The molecule has 0 aromatic heterocycles. The molecule has 42 valence electrons. The fourth-order valence-corrected chi connectivity index (χ4v) is 0.862. The van der Waals surface area contributed by atoms with E-state index in [2.05, 4.69) is 5.32 Å². The summed E-state index contributed by atoms with van der Waals surface area (Å²) in [6, 6.07) is 0.741. The van der Waals surface area contributed by atoms with Crippen LogP contribution in [0.3, 0.4) is 0 Å². The van der Waals surface area contributed by atoms with Crippen molar-refractivity contribution < 1.29 is 0 Å². The van der Waals surface area contributed by atoms with Gasteiger partial charge in [-0.1, -0.05) is 0 Å². The van der Waals surface area contributed by atoms with Crippen LogP contribution in [0.2, 0.25) is 0 Å². The van der Waals surface area contributed by atoms with Gasteiger partial charge in [0.2, 0.25) is 0 Å². The second kappa shape index (κ2) is 1.80. The average Bonchev–Trinajstić information content (AvgIpc) is 2.43. The van der Waals surface area contributed by atoms with Crippen molar-refractivity contribution in [3.63, 3.8) is 0 Å². The minimum atomic E-state index is 0.741. The predicted octanol–water partition coefficient (Wildman–Crippen LogP) is -0.447. The van der Waals surface area contributed by atoms with Gasteiger partial charge in [-0.15, -0.1) is 0 Å². The summed E-state index contributed by atoms with van der Waals surface area (Å²) in [6.07, 6.45) is 1.28. The summed E-state index contributed by atoms with van der Waals surface area (Å²) in [6.45, 7) is 0.853. The van der Waals surface area contributed by atoms with Gasteiger partial charge in [0.15, 0.2) is 0 Å². The molecule has 0 aromatic carbocycles. The van der Waals surface area contributed by atoms with Crippen LogP contribution in [-0.2, 0) is 0 Å². The zero-order chi connectivity index (χ0) is 5.28. The first kappa shape index (κ1) is 5.06. The van der Waals surface area contributed by atoms with Gasteiger partial charge in [-0.3, -0.25) is 0 Å². The Labute approximate surface area is 44.1 Å². The van der Waals surface area contributed by atoms with E-state index >= 15 is 0 Å². The van der Waals surface area contributed by atoms with Crippen molar-refractivity contribution in [2.75, 3.05) is 13.6 Å². The summed E-state index contributed by atoms with van der Waals surface area (Å²) >= 11 is 0. The minimum Gasteiger partial charge on any atom is -0.330 e. The molecular formula is C5H12N2. The van der Waals surface area contributed by atoms with Gasteiger partial charge in [0.05, 0.1) is 0 Å². The van der Waals surface area contributed by atoms with Crippen LogP contribution in [0, 0.1) is 5.92 Å². The van der Waals surface area contributed by atoms with Gasteiger partial charge < -0.3 is 11.1 Å². The molecule has 0 heterocycles. The molecule has 2 heteroatoms. The van der Waals surface area contributed by atoms with Crippen molar-refractivity contribution in [1.29, 1.82) is 0 Å². The summed E-state index contributed by atoms with van der Waals surface area (Å²) in [5.74, 6) is 0.782. The second-order valence-corrected chi connectivity index (χ2v) is 2.13. The first-order valence-corrected chi connectivity index (χ1v) is 2.76. The fourth-order valence-electron chi connectivity index (χ4n) is 0.862. The normalized spacial score (nSPS) is 38.6. The molecule has 0 aromatic rings. The topological polar surface area (TPSA) is 38.0 Å². The Bertz CT molecular complexity index is 55.1. The Balaban J connectivity index is 2.06. The van der Waals surface area contributed by atoms with Crippen LogP contribution in [0.5, 0.6) is 0 Å². The van der Waals surface area contributed by atoms with E-state index in [1.54, 1.807) is 0 Å². The number of nitrogens with two attached hydrogens (primary N) is 1. The number of nitrogens with one attached hydrogen (secondary N) is 1. The van der Waals surface area contributed by atoms with Crippen molar-refractivity contribution in [3.05, 3.63) is 0 Å². The van der Waals surface area contributed by atoms with Crippen molar-refractivity contribution in [2.24, 2.45) is 11.7 Å².